The number of carbonyl (C=O) groups is 1. The van der Waals surface area contributed by atoms with Crippen LogP contribution in [0.4, 0.5) is 0 Å². The average molecular weight is 356 g/mol. The first-order valence-electron chi connectivity index (χ1n) is 6.57. The molecule has 0 spiro atoms. The van der Waals surface area contributed by atoms with Crippen molar-refractivity contribution in [3.8, 4) is 0 Å². The number of ether oxygens (including phenoxy) is 2. The number of carbonyl (C=O) groups excluding carboxylic acids is 2. The van der Waals surface area contributed by atoms with E-state index in [1.165, 1.54) is 13.2 Å². The molecule has 6 atom stereocenters. The molecule has 1 amide bonds. The predicted molar refractivity (Wildman–Crippen MR) is 72.5 cm³/mol. The van der Waals surface area contributed by atoms with Crippen LogP contribution in [-0.2, 0) is 28.2 Å². The van der Waals surface area contributed by atoms with Gasteiger partial charge in [-0.1, -0.05) is 0 Å². The van der Waals surface area contributed by atoms with Gasteiger partial charge in [0.25, 0.3) is 0 Å². The Kier molecular flexibility index (Phi) is 7.24. The lowest BCUT2D eigenvalue weighted by Crippen LogP contribution is -2.65. The van der Waals surface area contributed by atoms with Crippen molar-refractivity contribution in [2.45, 2.75) is 50.6 Å². The molecule has 0 aromatic rings. The molecule has 1 saturated heterocycles. The topological polar surface area (TPSA) is 172 Å². The number of hydrogen-bond acceptors (Lipinski definition) is 8. The first-order chi connectivity index (χ1) is 10.6. The van der Waals surface area contributed by atoms with Gasteiger partial charge in [0.15, 0.2) is 6.29 Å². The van der Waals surface area contributed by atoms with Crippen LogP contribution in [0.5, 0.6) is 0 Å². The molecule has 1 aliphatic rings. The Morgan fingerprint density at radius 1 is 1.43 bits per heavy atom. The van der Waals surface area contributed by atoms with E-state index in [0.29, 0.717) is 0 Å². The molecule has 23 heavy (non-hydrogen) atoms. The fraction of sp³-hybridized carbons (Fsp3) is 0.818. The zero-order valence-corrected chi connectivity index (χ0v) is 13.3. The third kappa shape index (κ3) is 5.90. The van der Waals surface area contributed by atoms with Crippen LogP contribution in [0.1, 0.15) is 13.8 Å². The molecule has 12 heteroatoms. The molecule has 1 rings (SSSR count). The quantitative estimate of drug-likeness (QED) is 0.309. The third-order valence-corrected chi connectivity index (χ3v) is 3.52. The van der Waals surface area contributed by atoms with Crippen LogP contribution in [0.3, 0.4) is 0 Å². The molecule has 0 saturated carbocycles. The van der Waals surface area contributed by atoms with Gasteiger partial charge in [-0.05, 0) is 6.92 Å². The summed E-state index contributed by atoms with van der Waals surface area (Å²) in [4.78, 5) is 39.9. The summed E-state index contributed by atoms with van der Waals surface area (Å²) in [5.41, 5.74) is 0. The van der Waals surface area contributed by atoms with Crippen molar-refractivity contribution in [2.24, 2.45) is 0 Å². The lowest BCUT2D eigenvalue weighted by molar-refractivity contribution is -0.261. The molecule has 1 heterocycles. The summed E-state index contributed by atoms with van der Waals surface area (Å²) in [5.74, 6) is -0.591. The fourth-order valence-electron chi connectivity index (χ4n) is 2.17. The monoisotopic (exact) mass is 356 g/mol. The Balaban J connectivity index is 3.16. The first kappa shape index (κ1) is 20.1. The molecule has 0 bridgehead atoms. The van der Waals surface area contributed by atoms with Gasteiger partial charge in [-0.15, -0.1) is 0 Å². The molecule has 1 fully saturated rings. The molecule has 1 aliphatic heterocycles. The molecule has 0 aliphatic carbocycles. The maximum atomic E-state index is 11.2. The molecule has 133 valence electrons. The highest BCUT2D eigenvalue weighted by molar-refractivity contribution is 7.46. The summed E-state index contributed by atoms with van der Waals surface area (Å²) in [5, 5.41) is 21.5. The smallest absolute Gasteiger partial charge is 0.394 e. The van der Waals surface area contributed by atoms with Gasteiger partial charge >= 0.3 is 7.82 Å². The highest BCUT2D eigenvalue weighted by Gasteiger charge is 2.50. The average Bonchev–Trinajstić information content (AvgIpc) is 2.43. The van der Waals surface area contributed by atoms with Gasteiger partial charge in [0, 0.05) is 6.92 Å². The molecule has 0 aromatic carbocycles. The number of aliphatic hydroxyl groups excluding tert-OH is 2. The Morgan fingerprint density at radius 3 is 2.48 bits per heavy atom. The summed E-state index contributed by atoms with van der Waals surface area (Å²) in [6, 6.07) is -1.29. The number of amides is 1. The van der Waals surface area contributed by atoms with Gasteiger partial charge < -0.3 is 34.8 Å². The van der Waals surface area contributed by atoms with Crippen molar-refractivity contribution in [3.63, 3.8) is 0 Å². The summed E-state index contributed by atoms with van der Waals surface area (Å²) < 4.78 is 25.9. The van der Waals surface area contributed by atoms with Gasteiger partial charge in [0.2, 0.25) is 12.2 Å². The second-order valence-electron chi connectivity index (χ2n) is 4.90. The SMILES string of the molecule is CC(=O)N[C@@H]1[C@@H](OC(C)[C]=O)[C@H](OP(=O)(O)O)[C@@H](CO)O[C@@H]1O. The summed E-state index contributed by atoms with van der Waals surface area (Å²) >= 11 is 0. The molecule has 11 nitrogen and oxygen atoms in total. The number of aliphatic hydroxyl groups is 2. The molecule has 5 N–H and O–H groups in total. The minimum atomic E-state index is -5.02. The van der Waals surface area contributed by atoms with Crippen LogP contribution >= 0.6 is 7.82 Å². The zero-order valence-electron chi connectivity index (χ0n) is 12.4. The minimum Gasteiger partial charge on any atom is -0.394 e. The predicted octanol–water partition coefficient (Wildman–Crippen LogP) is -2.44. The number of nitrogens with one attached hydrogen (secondary N) is 1. The van der Waals surface area contributed by atoms with E-state index in [-0.39, 0.29) is 0 Å². The molecule has 1 unspecified atom stereocenters. The fourth-order valence-corrected chi connectivity index (χ4v) is 2.74. The van der Waals surface area contributed by atoms with Crippen LogP contribution in [0, 0.1) is 0 Å². The van der Waals surface area contributed by atoms with E-state index in [1.807, 2.05) is 0 Å². The van der Waals surface area contributed by atoms with Gasteiger partial charge in [-0.2, -0.15) is 0 Å². The summed E-state index contributed by atoms with van der Waals surface area (Å²) in [7, 11) is -5.02. The number of hydrogen-bond donors (Lipinski definition) is 5. The van der Waals surface area contributed by atoms with E-state index in [0.717, 1.165) is 6.92 Å². The standard InChI is InChI=1S/C11H19NO10P/c1-5(3-13)20-10-8(12-6(2)15)11(16)21-7(4-14)9(10)22-23(17,18)19/h5,7-11,14,16H,4H2,1-2H3,(H,12,15)(H2,17,18,19)/t5?,7-,8-,9-,10-,11+/m1/s1. The summed E-state index contributed by atoms with van der Waals surface area (Å²) in [6.07, 6.45) is -5.61. The molecular weight excluding hydrogens is 337 g/mol. The number of rotatable bonds is 7. The van der Waals surface area contributed by atoms with E-state index in [2.05, 4.69) is 9.84 Å². The van der Waals surface area contributed by atoms with E-state index in [4.69, 9.17) is 19.3 Å². The number of phosphoric acid groups is 1. The van der Waals surface area contributed by atoms with Crippen LogP contribution in [-0.4, -0.2) is 75.5 Å². The van der Waals surface area contributed by atoms with Gasteiger partial charge in [0.1, 0.15) is 30.5 Å². The van der Waals surface area contributed by atoms with Crippen LogP contribution in [0.15, 0.2) is 0 Å². The van der Waals surface area contributed by atoms with Gasteiger partial charge in [0.05, 0.1) is 6.61 Å². The minimum absolute atomic E-state index is 0.591. The molecule has 1 radical (unpaired) electrons. The van der Waals surface area contributed by atoms with Crippen molar-refractivity contribution in [2.75, 3.05) is 6.61 Å². The van der Waals surface area contributed by atoms with Crippen LogP contribution in [0.25, 0.3) is 0 Å². The second kappa shape index (κ2) is 8.27. The van der Waals surface area contributed by atoms with Crippen molar-refractivity contribution in [1.29, 1.82) is 0 Å². The largest absolute Gasteiger partial charge is 0.470 e. The normalized spacial score (nSPS) is 33.0. The Morgan fingerprint density at radius 2 is 2.04 bits per heavy atom. The highest BCUT2D eigenvalue weighted by Crippen LogP contribution is 2.41. The van der Waals surface area contributed by atoms with E-state index < -0.39 is 57.1 Å². The molecule has 0 aromatic heterocycles. The lowest BCUT2D eigenvalue weighted by atomic mass is 9.96. The third-order valence-electron chi connectivity index (χ3n) is 3.00. The number of phosphoric ester groups is 1. The zero-order chi connectivity index (χ0) is 17.8. The van der Waals surface area contributed by atoms with Crippen molar-refractivity contribution in [3.05, 3.63) is 0 Å². The summed E-state index contributed by atoms with van der Waals surface area (Å²) in [6.45, 7) is 1.67. The van der Waals surface area contributed by atoms with Crippen LogP contribution < -0.4 is 5.32 Å². The Hall–Kier alpha value is -0.910. The lowest BCUT2D eigenvalue weighted by Gasteiger charge is -2.44. The van der Waals surface area contributed by atoms with Crippen molar-refractivity contribution >= 4 is 20.0 Å². The Bertz CT molecular complexity index is 468. The van der Waals surface area contributed by atoms with Crippen molar-refractivity contribution < 1.29 is 48.2 Å². The van der Waals surface area contributed by atoms with Crippen molar-refractivity contribution in [1.82, 2.24) is 5.32 Å². The molecular formula is C11H19NO10P. The van der Waals surface area contributed by atoms with Gasteiger partial charge in [-0.3, -0.25) is 14.1 Å². The Labute approximate surface area is 131 Å². The van der Waals surface area contributed by atoms with E-state index in [9.17, 15) is 24.4 Å². The van der Waals surface area contributed by atoms with E-state index >= 15 is 0 Å². The highest BCUT2D eigenvalue weighted by atomic mass is 31.2. The first-order valence-corrected chi connectivity index (χ1v) is 8.10. The van der Waals surface area contributed by atoms with Gasteiger partial charge in [-0.25, -0.2) is 4.57 Å². The maximum Gasteiger partial charge on any atom is 0.470 e. The maximum absolute atomic E-state index is 11.2. The van der Waals surface area contributed by atoms with E-state index in [1.54, 1.807) is 0 Å². The van der Waals surface area contributed by atoms with Crippen LogP contribution in [0.2, 0.25) is 0 Å². The second-order valence-corrected chi connectivity index (χ2v) is 6.09.